The van der Waals surface area contributed by atoms with E-state index in [-0.39, 0.29) is 0 Å². The summed E-state index contributed by atoms with van der Waals surface area (Å²) in [7, 11) is 0. The zero-order valence-electron chi connectivity index (χ0n) is 14.4. The van der Waals surface area contributed by atoms with Gasteiger partial charge in [-0.15, -0.1) is 0 Å². The summed E-state index contributed by atoms with van der Waals surface area (Å²) in [6.45, 7) is 0. The van der Waals surface area contributed by atoms with Crippen molar-refractivity contribution in [3.63, 3.8) is 0 Å². The second-order valence-electron chi connectivity index (χ2n) is 6.06. The molecule has 0 heterocycles. The summed E-state index contributed by atoms with van der Waals surface area (Å²) in [5, 5.41) is 0. The van der Waals surface area contributed by atoms with Crippen LogP contribution in [0.15, 0.2) is 116 Å². The highest BCUT2D eigenvalue weighted by Gasteiger charge is 2.14. The predicted octanol–water partition coefficient (Wildman–Crippen LogP) is 8.70. The molecule has 0 aliphatic heterocycles. The third-order valence-corrected chi connectivity index (χ3v) is 6.74. The van der Waals surface area contributed by atoms with Crippen LogP contribution in [0.5, 0.6) is 0 Å². The Balaban J connectivity index is 1.84. The fourth-order valence-corrected chi connectivity index (χ4v) is 5.71. The molecular formula is C24H16Br2S. The highest BCUT2D eigenvalue weighted by molar-refractivity contribution is 9.11. The molecule has 4 aromatic rings. The van der Waals surface area contributed by atoms with Gasteiger partial charge in [0.1, 0.15) is 0 Å². The number of hydrogen-bond donors (Lipinski definition) is 0. The zero-order valence-corrected chi connectivity index (χ0v) is 18.4. The summed E-state index contributed by atoms with van der Waals surface area (Å²) < 4.78 is 2.21. The van der Waals surface area contributed by atoms with Gasteiger partial charge in [0.15, 0.2) is 0 Å². The number of halogens is 2. The van der Waals surface area contributed by atoms with Gasteiger partial charge in [0, 0.05) is 29.9 Å². The van der Waals surface area contributed by atoms with Crippen LogP contribution < -0.4 is 0 Å². The number of hydrogen-bond acceptors (Lipinski definition) is 1. The van der Waals surface area contributed by atoms with Gasteiger partial charge in [-0.3, -0.25) is 0 Å². The van der Waals surface area contributed by atoms with Gasteiger partial charge >= 0.3 is 0 Å². The Kier molecular flexibility index (Phi) is 5.82. The minimum Gasteiger partial charge on any atom is -0.0887 e. The Hall–Kier alpha value is -1.81. The molecular weight excluding hydrogens is 480 g/mol. The van der Waals surface area contributed by atoms with E-state index in [0.717, 1.165) is 8.95 Å². The first kappa shape index (κ1) is 18.5. The Bertz CT molecular complexity index is 973. The molecule has 0 nitrogen and oxygen atoms in total. The Morgan fingerprint density at radius 1 is 0.444 bits per heavy atom. The lowest BCUT2D eigenvalue weighted by Crippen LogP contribution is -1.88. The molecule has 0 saturated carbocycles. The summed E-state index contributed by atoms with van der Waals surface area (Å²) in [6, 6.07) is 33.8. The second kappa shape index (κ2) is 8.47. The van der Waals surface area contributed by atoms with Crippen molar-refractivity contribution in [1.29, 1.82) is 0 Å². The Labute approximate surface area is 180 Å². The molecule has 3 heteroatoms. The van der Waals surface area contributed by atoms with Gasteiger partial charge in [0.25, 0.3) is 0 Å². The molecule has 0 radical (unpaired) electrons. The SMILES string of the molecule is Brc1cccc(Sc2cccc(Br)c2-c2ccccc2)c1-c1ccccc1. The third-order valence-electron chi connectivity index (χ3n) is 4.30. The lowest BCUT2D eigenvalue weighted by Gasteiger charge is -2.15. The highest BCUT2D eigenvalue weighted by Crippen LogP contribution is 2.45. The fraction of sp³-hybridized carbons (Fsp3) is 0. The van der Waals surface area contributed by atoms with Gasteiger partial charge in [0.2, 0.25) is 0 Å². The summed E-state index contributed by atoms with van der Waals surface area (Å²) in [6.07, 6.45) is 0. The van der Waals surface area contributed by atoms with E-state index in [9.17, 15) is 0 Å². The van der Waals surface area contributed by atoms with Crippen LogP contribution >= 0.6 is 43.6 Å². The minimum absolute atomic E-state index is 1.11. The molecule has 4 rings (SSSR count). The topological polar surface area (TPSA) is 0 Å². The zero-order chi connectivity index (χ0) is 18.6. The van der Waals surface area contributed by atoms with Crippen LogP contribution in [0, 0.1) is 0 Å². The first-order chi connectivity index (χ1) is 13.2. The molecule has 0 aliphatic rings. The van der Waals surface area contributed by atoms with Crippen molar-refractivity contribution in [2.24, 2.45) is 0 Å². The minimum atomic E-state index is 1.11. The molecule has 0 aromatic heterocycles. The maximum absolute atomic E-state index is 3.75. The lowest BCUT2D eigenvalue weighted by molar-refractivity contribution is 1.37. The molecule has 0 amide bonds. The Morgan fingerprint density at radius 3 is 1.26 bits per heavy atom. The van der Waals surface area contributed by atoms with Crippen LogP contribution in [-0.2, 0) is 0 Å². The summed E-state index contributed by atoms with van der Waals surface area (Å²) in [5.41, 5.74) is 4.87. The van der Waals surface area contributed by atoms with E-state index in [1.807, 2.05) is 0 Å². The van der Waals surface area contributed by atoms with Gasteiger partial charge in [0.05, 0.1) is 0 Å². The third kappa shape index (κ3) is 4.06. The quantitative estimate of drug-likeness (QED) is 0.272. The molecule has 0 N–H and O–H groups in total. The standard InChI is InChI=1S/C24H16Br2S/c25-19-13-7-15-21(23(19)17-9-3-1-4-10-17)27-22-16-8-14-20(26)24(22)18-11-5-2-6-12-18/h1-16H. The second-order valence-corrected chi connectivity index (χ2v) is 8.85. The van der Waals surface area contributed by atoms with E-state index in [1.54, 1.807) is 11.8 Å². The average molecular weight is 496 g/mol. The maximum atomic E-state index is 3.75. The molecule has 0 fully saturated rings. The van der Waals surface area contributed by atoms with Crippen LogP contribution in [-0.4, -0.2) is 0 Å². The molecule has 0 spiro atoms. The molecule has 132 valence electrons. The van der Waals surface area contributed by atoms with Crippen molar-refractivity contribution < 1.29 is 0 Å². The number of rotatable bonds is 4. The van der Waals surface area contributed by atoms with Gasteiger partial charge in [-0.25, -0.2) is 0 Å². The highest BCUT2D eigenvalue weighted by atomic mass is 79.9. The van der Waals surface area contributed by atoms with Gasteiger partial charge in [-0.1, -0.05) is 116 Å². The first-order valence-corrected chi connectivity index (χ1v) is 11.0. The van der Waals surface area contributed by atoms with Crippen molar-refractivity contribution in [2.75, 3.05) is 0 Å². The first-order valence-electron chi connectivity index (χ1n) is 8.60. The van der Waals surface area contributed by atoms with Crippen molar-refractivity contribution >= 4 is 43.6 Å². The normalized spacial score (nSPS) is 10.7. The Morgan fingerprint density at radius 2 is 0.852 bits per heavy atom. The van der Waals surface area contributed by atoms with Crippen molar-refractivity contribution in [3.8, 4) is 22.3 Å². The van der Waals surface area contributed by atoms with E-state index >= 15 is 0 Å². The molecule has 0 bridgehead atoms. The molecule has 0 atom stereocenters. The monoisotopic (exact) mass is 494 g/mol. The smallest absolute Gasteiger partial charge is 0.0265 e. The summed E-state index contributed by atoms with van der Waals surface area (Å²) in [5.74, 6) is 0. The molecule has 0 saturated heterocycles. The largest absolute Gasteiger partial charge is 0.0887 e. The maximum Gasteiger partial charge on any atom is 0.0265 e. The molecule has 4 aromatic carbocycles. The van der Waals surface area contributed by atoms with Crippen molar-refractivity contribution in [3.05, 3.63) is 106 Å². The van der Waals surface area contributed by atoms with Gasteiger partial charge in [-0.05, 0) is 35.4 Å². The summed E-state index contributed by atoms with van der Waals surface area (Å²) in [4.78, 5) is 2.46. The summed E-state index contributed by atoms with van der Waals surface area (Å²) >= 11 is 9.30. The van der Waals surface area contributed by atoms with E-state index in [4.69, 9.17) is 0 Å². The van der Waals surface area contributed by atoms with Crippen LogP contribution in [0.4, 0.5) is 0 Å². The lowest BCUT2D eigenvalue weighted by atomic mass is 10.1. The van der Waals surface area contributed by atoms with E-state index < -0.39 is 0 Å². The predicted molar refractivity (Wildman–Crippen MR) is 123 cm³/mol. The number of benzene rings is 4. The van der Waals surface area contributed by atoms with E-state index in [1.165, 1.54) is 32.0 Å². The molecule has 27 heavy (non-hydrogen) atoms. The average Bonchev–Trinajstić information content (AvgIpc) is 2.70. The van der Waals surface area contributed by atoms with Crippen LogP contribution in [0.25, 0.3) is 22.3 Å². The fourth-order valence-electron chi connectivity index (χ4n) is 3.07. The van der Waals surface area contributed by atoms with E-state index in [2.05, 4.69) is 129 Å². The van der Waals surface area contributed by atoms with Crippen molar-refractivity contribution in [1.82, 2.24) is 0 Å². The van der Waals surface area contributed by atoms with Crippen LogP contribution in [0.1, 0.15) is 0 Å². The van der Waals surface area contributed by atoms with Gasteiger partial charge < -0.3 is 0 Å². The molecule has 0 aliphatic carbocycles. The van der Waals surface area contributed by atoms with Gasteiger partial charge in [-0.2, -0.15) is 0 Å². The molecule has 0 unspecified atom stereocenters. The van der Waals surface area contributed by atoms with Crippen LogP contribution in [0.3, 0.4) is 0 Å². The van der Waals surface area contributed by atoms with Crippen LogP contribution in [0.2, 0.25) is 0 Å². The van der Waals surface area contributed by atoms with E-state index in [0.29, 0.717) is 0 Å². The van der Waals surface area contributed by atoms with Crippen molar-refractivity contribution in [2.45, 2.75) is 9.79 Å².